The fourth-order valence-corrected chi connectivity index (χ4v) is 3.24. The molecule has 136 valence electrons. The molecule has 4 N–H and O–H groups in total. The minimum atomic E-state index is -0.576. The maximum atomic E-state index is 12.7. The molecule has 1 atom stereocenters. The van der Waals surface area contributed by atoms with Crippen LogP contribution in [0.4, 0.5) is 5.69 Å². The Labute approximate surface area is 152 Å². The van der Waals surface area contributed by atoms with E-state index in [1.165, 1.54) is 0 Å². The Morgan fingerprint density at radius 3 is 2.76 bits per heavy atom. The largest absolute Gasteiger partial charge is 0.385 e. The van der Waals surface area contributed by atoms with Gasteiger partial charge in [-0.15, -0.1) is 12.4 Å². The van der Waals surface area contributed by atoms with E-state index >= 15 is 0 Å². The number of carbonyl (C=O) groups is 3. The topological polar surface area (TPSA) is 105 Å². The third kappa shape index (κ3) is 3.93. The summed E-state index contributed by atoms with van der Waals surface area (Å²) in [5.41, 5.74) is 7.97. The van der Waals surface area contributed by atoms with Crippen LogP contribution in [0.2, 0.25) is 0 Å². The minimum absolute atomic E-state index is 0. The molecular formula is C17H23ClN4O3. The van der Waals surface area contributed by atoms with Gasteiger partial charge in [0.15, 0.2) is 0 Å². The van der Waals surface area contributed by atoms with Crippen molar-refractivity contribution in [2.45, 2.75) is 38.3 Å². The van der Waals surface area contributed by atoms with Crippen molar-refractivity contribution in [1.29, 1.82) is 0 Å². The lowest BCUT2D eigenvalue weighted by atomic mass is 10.0. The molecule has 2 aliphatic heterocycles. The lowest BCUT2D eigenvalue weighted by Crippen LogP contribution is -2.52. The summed E-state index contributed by atoms with van der Waals surface area (Å²) in [6, 6.07) is 5.00. The molecule has 0 saturated carbocycles. The lowest BCUT2D eigenvalue weighted by Gasteiger charge is -2.29. The Hall–Kier alpha value is -2.12. The second-order valence-corrected chi connectivity index (χ2v) is 6.15. The molecule has 1 aromatic rings. The quantitative estimate of drug-likeness (QED) is 0.515. The average Bonchev–Trinajstić information content (AvgIpc) is 2.89. The van der Waals surface area contributed by atoms with Gasteiger partial charge in [0, 0.05) is 36.3 Å². The maximum absolute atomic E-state index is 12.7. The number of hydrogen-bond acceptors (Lipinski definition) is 5. The van der Waals surface area contributed by atoms with E-state index in [2.05, 4.69) is 10.6 Å². The molecule has 25 heavy (non-hydrogen) atoms. The highest BCUT2D eigenvalue weighted by atomic mass is 35.5. The molecule has 0 aromatic heterocycles. The van der Waals surface area contributed by atoms with Gasteiger partial charge in [-0.05, 0) is 37.9 Å². The van der Waals surface area contributed by atoms with E-state index in [4.69, 9.17) is 5.73 Å². The molecule has 0 bridgehead atoms. The normalized spacial score (nSPS) is 19.3. The van der Waals surface area contributed by atoms with Crippen LogP contribution in [0.15, 0.2) is 18.2 Å². The first-order valence-corrected chi connectivity index (χ1v) is 8.32. The Balaban J connectivity index is 0.00000225. The van der Waals surface area contributed by atoms with Crippen LogP contribution in [0.3, 0.4) is 0 Å². The van der Waals surface area contributed by atoms with E-state index in [1.807, 2.05) is 12.1 Å². The van der Waals surface area contributed by atoms with E-state index in [0.717, 1.165) is 30.6 Å². The fourth-order valence-electron chi connectivity index (χ4n) is 3.24. The Morgan fingerprint density at radius 2 is 2.04 bits per heavy atom. The molecule has 1 saturated heterocycles. The predicted octanol–water partition coefficient (Wildman–Crippen LogP) is 1.02. The number of fused-ring (bicyclic) bond motifs is 1. The molecule has 2 aliphatic rings. The summed E-state index contributed by atoms with van der Waals surface area (Å²) in [6.45, 7) is 1.84. The molecule has 3 rings (SSSR count). The number of halogens is 1. The van der Waals surface area contributed by atoms with Gasteiger partial charge in [0.2, 0.25) is 11.8 Å². The first-order valence-electron chi connectivity index (χ1n) is 8.32. The Kier molecular flexibility index (Phi) is 6.39. The first kappa shape index (κ1) is 19.2. The number of unbranched alkanes of at least 4 members (excludes halogenated alkanes) is 1. The number of imide groups is 1. The zero-order chi connectivity index (χ0) is 17.1. The number of amides is 3. The van der Waals surface area contributed by atoms with Crippen molar-refractivity contribution in [2.75, 3.05) is 18.4 Å². The van der Waals surface area contributed by atoms with E-state index in [0.29, 0.717) is 25.1 Å². The first-order chi connectivity index (χ1) is 11.6. The smallest absolute Gasteiger partial charge is 0.255 e. The van der Waals surface area contributed by atoms with E-state index < -0.39 is 6.04 Å². The molecule has 2 heterocycles. The van der Waals surface area contributed by atoms with Crippen molar-refractivity contribution in [3.63, 3.8) is 0 Å². The van der Waals surface area contributed by atoms with Crippen molar-refractivity contribution >= 4 is 35.8 Å². The minimum Gasteiger partial charge on any atom is -0.385 e. The number of piperidine rings is 1. The van der Waals surface area contributed by atoms with Crippen LogP contribution in [0, 0.1) is 0 Å². The highest BCUT2D eigenvalue weighted by molar-refractivity contribution is 6.06. The molecule has 3 amide bonds. The molecule has 1 unspecified atom stereocenters. The zero-order valence-corrected chi connectivity index (χ0v) is 14.7. The molecule has 0 spiro atoms. The second kappa shape index (κ2) is 8.31. The van der Waals surface area contributed by atoms with Gasteiger partial charge < -0.3 is 16.0 Å². The second-order valence-electron chi connectivity index (χ2n) is 6.15. The van der Waals surface area contributed by atoms with Crippen LogP contribution in [0.25, 0.3) is 0 Å². The van der Waals surface area contributed by atoms with Crippen LogP contribution >= 0.6 is 12.4 Å². The van der Waals surface area contributed by atoms with Gasteiger partial charge >= 0.3 is 0 Å². The monoisotopic (exact) mass is 366 g/mol. The van der Waals surface area contributed by atoms with Crippen LogP contribution in [0.5, 0.6) is 0 Å². The predicted molar refractivity (Wildman–Crippen MR) is 96.5 cm³/mol. The lowest BCUT2D eigenvalue weighted by molar-refractivity contribution is -0.136. The van der Waals surface area contributed by atoms with Crippen molar-refractivity contribution in [3.05, 3.63) is 29.3 Å². The number of carbonyl (C=O) groups excluding carboxylic acids is 3. The number of nitrogens with two attached hydrogens (primary N) is 1. The van der Waals surface area contributed by atoms with Gasteiger partial charge in [-0.1, -0.05) is 6.07 Å². The average molecular weight is 367 g/mol. The Morgan fingerprint density at radius 1 is 1.24 bits per heavy atom. The van der Waals surface area contributed by atoms with Crippen LogP contribution in [0.1, 0.15) is 41.6 Å². The molecule has 0 aliphatic carbocycles. The number of anilines is 1. The van der Waals surface area contributed by atoms with E-state index in [9.17, 15) is 14.4 Å². The van der Waals surface area contributed by atoms with Crippen molar-refractivity contribution in [2.24, 2.45) is 5.73 Å². The summed E-state index contributed by atoms with van der Waals surface area (Å²) in [4.78, 5) is 37.6. The zero-order valence-electron chi connectivity index (χ0n) is 13.9. The Bertz CT molecular complexity index is 680. The van der Waals surface area contributed by atoms with Gasteiger partial charge in [0.25, 0.3) is 5.91 Å². The van der Waals surface area contributed by atoms with Crippen molar-refractivity contribution in [3.8, 4) is 0 Å². The molecule has 1 fully saturated rings. The summed E-state index contributed by atoms with van der Waals surface area (Å²) >= 11 is 0. The van der Waals surface area contributed by atoms with E-state index in [-0.39, 0.29) is 36.5 Å². The third-order valence-electron chi connectivity index (χ3n) is 4.53. The molecule has 0 radical (unpaired) electrons. The number of nitrogens with zero attached hydrogens (tertiary/aromatic N) is 1. The molecular weight excluding hydrogens is 344 g/mol. The van der Waals surface area contributed by atoms with Gasteiger partial charge in [0.1, 0.15) is 6.04 Å². The van der Waals surface area contributed by atoms with Crippen molar-refractivity contribution in [1.82, 2.24) is 10.2 Å². The number of nitrogens with one attached hydrogen (secondary N) is 2. The number of hydrogen-bond donors (Lipinski definition) is 3. The molecule has 8 heteroatoms. The van der Waals surface area contributed by atoms with Crippen LogP contribution < -0.4 is 16.4 Å². The summed E-state index contributed by atoms with van der Waals surface area (Å²) < 4.78 is 0. The summed E-state index contributed by atoms with van der Waals surface area (Å²) in [7, 11) is 0. The van der Waals surface area contributed by atoms with Crippen molar-refractivity contribution < 1.29 is 14.4 Å². The third-order valence-corrected chi connectivity index (χ3v) is 4.53. The van der Waals surface area contributed by atoms with Crippen LogP contribution in [-0.2, 0) is 16.1 Å². The standard InChI is InChI=1S/C17H22N4O3.ClH/c18-8-1-2-9-19-13-5-3-4-11-12(13)10-21(17(11)24)14-6-7-15(22)20-16(14)23;/h3-5,14,19H,1-2,6-10,18H2,(H,20,22,23);1H. The van der Waals surface area contributed by atoms with Gasteiger partial charge in [-0.3, -0.25) is 19.7 Å². The van der Waals surface area contributed by atoms with Gasteiger partial charge in [-0.2, -0.15) is 0 Å². The highest BCUT2D eigenvalue weighted by Crippen LogP contribution is 2.32. The van der Waals surface area contributed by atoms with E-state index in [1.54, 1.807) is 11.0 Å². The molecule has 7 nitrogen and oxygen atoms in total. The SMILES string of the molecule is Cl.NCCCCNc1cccc2c1CN(C1CCC(=O)NC1=O)C2=O. The molecule has 1 aromatic carbocycles. The van der Waals surface area contributed by atoms with Gasteiger partial charge in [-0.25, -0.2) is 0 Å². The summed E-state index contributed by atoms with van der Waals surface area (Å²) in [5, 5.41) is 5.67. The van der Waals surface area contributed by atoms with Gasteiger partial charge in [0.05, 0.1) is 0 Å². The summed E-state index contributed by atoms with van der Waals surface area (Å²) in [6.07, 6.45) is 2.55. The summed E-state index contributed by atoms with van der Waals surface area (Å²) in [5.74, 6) is -0.808. The highest BCUT2D eigenvalue weighted by Gasteiger charge is 2.39. The number of benzene rings is 1. The number of rotatable bonds is 6. The van der Waals surface area contributed by atoms with Crippen LogP contribution in [-0.4, -0.2) is 41.8 Å². The maximum Gasteiger partial charge on any atom is 0.255 e. The fraction of sp³-hybridized carbons (Fsp3) is 0.471.